The zero-order chi connectivity index (χ0) is 8.24. The maximum atomic E-state index is 4.93. The van der Waals surface area contributed by atoms with Crippen LogP contribution in [0.15, 0.2) is 36.5 Å². The predicted octanol–water partition coefficient (Wildman–Crippen LogP) is 3.10. The van der Waals surface area contributed by atoms with E-state index in [9.17, 15) is 0 Å². The van der Waals surface area contributed by atoms with Gasteiger partial charge in [-0.3, -0.25) is 13.2 Å². The van der Waals surface area contributed by atoms with Gasteiger partial charge in [-0.25, -0.2) is 24.3 Å². The van der Waals surface area contributed by atoms with E-state index in [1.54, 1.807) is 12.2 Å². The predicted molar refractivity (Wildman–Crippen MR) is 47.4 cm³/mol. The molecule has 0 saturated heterocycles. The molecule has 0 aliphatic heterocycles. The number of allylic oxidation sites excluding steroid dienone is 6. The van der Waals surface area contributed by atoms with Crippen molar-refractivity contribution < 1.29 is 21.7 Å². The van der Waals surface area contributed by atoms with E-state index in [1.807, 2.05) is 26.0 Å². The monoisotopic (exact) mass is 182 g/mol. The second-order valence-corrected chi connectivity index (χ2v) is 1.44. The first-order valence-corrected chi connectivity index (χ1v) is 3.15. The van der Waals surface area contributed by atoms with Crippen molar-refractivity contribution in [1.82, 2.24) is 0 Å². The van der Waals surface area contributed by atoms with Crippen molar-refractivity contribution >= 4 is 0 Å². The van der Waals surface area contributed by atoms with Crippen LogP contribution in [0.4, 0.5) is 0 Å². The van der Waals surface area contributed by atoms with Crippen LogP contribution in [0.2, 0.25) is 0 Å². The summed E-state index contributed by atoms with van der Waals surface area (Å²) in [5.41, 5.74) is 0. The first kappa shape index (κ1) is 17.0. The second kappa shape index (κ2) is 22.6. The van der Waals surface area contributed by atoms with Crippen molar-refractivity contribution in [3.63, 3.8) is 0 Å². The van der Waals surface area contributed by atoms with Gasteiger partial charge in [-0.05, 0) is 0 Å². The quantitative estimate of drug-likeness (QED) is 0.349. The molecule has 0 radical (unpaired) electrons. The van der Waals surface area contributed by atoms with Crippen LogP contribution in [0.25, 0.3) is 0 Å². The molecule has 0 aromatic carbocycles. The van der Waals surface area contributed by atoms with Gasteiger partial charge in [0.25, 0.3) is 0 Å². The Morgan fingerprint density at radius 1 is 0.818 bits per heavy atom. The molecule has 0 amide bonds. The molecule has 0 fully saturated rings. The standard InChI is InChI=1S/2C5H7.Ti/c2*1-3-5-4-2;/h2*1,3-5H,2H3;/q2*-1;+2/b2*5-4+;. The summed E-state index contributed by atoms with van der Waals surface area (Å²) >= 11 is 0. The molecule has 1 heteroatoms. The molecule has 0 spiro atoms. The maximum absolute atomic E-state index is 4.93. The molecule has 0 saturated carbocycles. The first-order chi connectivity index (χ1) is 4.83. The Morgan fingerprint density at radius 3 is 1.09 bits per heavy atom. The van der Waals surface area contributed by atoms with E-state index in [0.717, 1.165) is 0 Å². The Morgan fingerprint density at radius 2 is 1.09 bits per heavy atom. The molecule has 0 rings (SSSR count). The third-order valence-corrected chi connectivity index (χ3v) is 0.607. The van der Waals surface area contributed by atoms with Crippen molar-refractivity contribution in [2.45, 2.75) is 13.8 Å². The summed E-state index contributed by atoms with van der Waals surface area (Å²) in [5, 5.41) is 0. The van der Waals surface area contributed by atoms with Crippen LogP contribution < -0.4 is 0 Å². The summed E-state index contributed by atoms with van der Waals surface area (Å²) in [6, 6.07) is 0. The fourth-order valence-electron chi connectivity index (χ4n) is 0.222. The largest absolute Gasteiger partial charge is 2.00 e. The van der Waals surface area contributed by atoms with E-state index in [2.05, 4.69) is 0 Å². The summed E-state index contributed by atoms with van der Waals surface area (Å²) in [6.07, 6.45) is 10.3. The van der Waals surface area contributed by atoms with E-state index in [-0.39, 0.29) is 21.7 Å². The van der Waals surface area contributed by atoms with Crippen LogP contribution in [0, 0.1) is 13.2 Å². The Bertz CT molecular complexity index is 105. The normalized spacial score (nSPS) is 8.18. The Hall–Kier alpha value is -0.326. The summed E-state index contributed by atoms with van der Waals surface area (Å²) in [6.45, 7) is 13.7. The molecule has 0 aliphatic rings. The first-order valence-electron chi connectivity index (χ1n) is 3.15. The van der Waals surface area contributed by atoms with Gasteiger partial charge in [0.2, 0.25) is 0 Å². The van der Waals surface area contributed by atoms with Gasteiger partial charge in [0.05, 0.1) is 0 Å². The average Bonchev–Trinajstić information content (AvgIpc) is 1.93. The van der Waals surface area contributed by atoms with Crippen molar-refractivity contribution in [3.8, 4) is 0 Å². The molecule has 0 unspecified atom stereocenters. The molecule has 58 valence electrons. The number of hydrogen-bond acceptors (Lipinski definition) is 0. The summed E-state index contributed by atoms with van der Waals surface area (Å²) in [5.74, 6) is 0. The van der Waals surface area contributed by atoms with Crippen molar-refractivity contribution in [1.29, 1.82) is 0 Å². The topological polar surface area (TPSA) is 0 Å². The molecule has 0 nitrogen and oxygen atoms in total. The summed E-state index contributed by atoms with van der Waals surface area (Å²) in [7, 11) is 0. The van der Waals surface area contributed by atoms with Gasteiger partial charge in [0, 0.05) is 0 Å². The minimum Gasteiger partial charge on any atom is -0.293 e. The van der Waals surface area contributed by atoms with Gasteiger partial charge in [0.1, 0.15) is 0 Å². The molecular formula is C10H14Ti. The fraction of sp³-hybridized carbons (Fsp3) is 0.200. The molecule has 0 N–H and O–H groups in total. The van der Waals surface area contributed by atoms with Crippen LogP contribution in [-0.4, -0.2) is 0 Å². The molecular weight excluding hydrogens is 168 g/mol. The average molecular weight is 182 g/mol. The van der Waals surface area contributed by atoms with Crippen molar-refractivity contribution in [2.75, 3.05) is 0 Å². The number of hydrogen-bond donors (Lipinski definition) is 0. The Kier molecular flexibility index (Phi) is 34.9. The minimum atomic E-state index is 0. The van der Waals surface area contributed by atoms with Gasteiger partial charge in [-0.2, -0.15) is 12.2 Å². The van der Waals surface area contributed by atoms with Crippen LogP contribution in [-0.2, 0) is 21.7 Å². The zero-order valence-electron chi connectivity index (χ0n) is 7.12. The van der Waals surface area contributed by atoms with Crippen LogP contribution in [0.5, 0.6) is 0 Å². The maximum Gasteiger partial charge on any atom is 2.00 e. The van der Waals surface area contributed by atoms with E-state index >= 15 is 0 Å². The smallest absolute Gasteiger partial charge is 0.293 e. The SMILES string of the molecule is [CH-]=C/C=C/C.[CH-]=C/C=C/C.[Ti+2]. The van der Waals surface area contributed by atoms with Crippen LogP contribution in [0.3, 0.4) is 0 Å². The molecule has 0 bridgehead atoms. The fourth-order valence-corrected chi connectivity index (χ4v) is 0.222. The van der Waals surface area contributed by atoms with Gasteiger partial charge >= 0.3 is 21.7 Å². The van der Waals surface area contributed by atoms with Crippen molar-refractivity contribution in [3.05, 3.63) is 49.6 Å². The zero-order valence-corrected chi connectivity index (χ0v) is 8.68. The third kappa shape index (κ3) is 42.2. The van der Waals surface area contributed by atoms with Crippen molar-refractivity contribution in [2.24, 2.45) is 0 Å². The summed E-state index contributed by atoms with van der Waals surface area (Å²) in [4.78, 5) is 0. The van der Waals surface area contributed by atoms with E-state index in [0.29, 0.717) is 0 Å². The molecule has 0 heterocycles. The van der Waals surface area contributed by atoms with Gasteiger partial charge in [-0.15, -0.1) is 0 Å². The minimum absolute atomic E-state index is 0. The third-order valence-electron chi connectivity index (χ3n) is 0.607. The van der Waals surface area contributed by atoms with Gasteiger partial charge in [0.15, 0.2) is 0 Å². The van der Waals surface area contributed by atoms with Gasteiger partial charge in [-0.1, -0.05) is 13.8 Å². The van der Waals surface area contributed by atoms with Gasteiger partial charge < -0.3 is 0 Å². The molecule has 11 heavy (non-hydrogen) atoms. The Balaban J connectivity index is -0.000000107. The van der Waals surface area contributed by atoms with Crippen LogP contribution in [0.1, 0.15) is 13.8 Å². The van der Waals surface area contributed by atoms with E-state index < -0.39 is 0 Å². The molecule has 0 aromatic rings. The Labute approximate surface area is 85.3 Å². The van der Waals surface area contributed by atoms with E-state index in [1.165, 1.54) is 12.2 Å². The van der Waals surface area contributed by atoms with E-state index in [4.69, 9.17) is 13.2 Å². The number of rotatable bonds is 2. The molecule has 0 aliphatic carbocycles. The summed E-state index contributed by atoms with van der Waals surface area (Å²) < 4.78 is 0. The molecule has 0 atom stereocenters. The van der Waals surface area contributed by atoms with Crippen LogP contribution >= 0.6 is 0 Å². The second-order valence-electron chi connectivity index (χ2n) is 1.44. The molecule has 0 aromatic heterocycles.